The first-order chi connectivity index (χ1) is 8.38. The third-order valence-electron chi connectivity index (χ3n) is 3.69. The Hall–Kier alpha value is -1.12. The summed E-state index contributed by atoms with van der Waals surface area (Å²) in [6, 6.07) is 0. The lowest BCUT2D eigenvalue weighted by Crippen LogP contribution is -2.15. The molecular formula is C14H21N3. The van der Waals surface area contributed by atoms with Crippen LogP contribution >= 0.6 is 0 Å². The van der Waals surface area contributed by atoms with Gasteiger partial charge in [0.1, 0.15) is 11.6 Å². The molecule has 1 heterocycles. The van der Waals surface area contributed by atoms with E-state index in [-0.39, 0.29) is 0 Å². The van der Waals surface area contributed by atoms with Crippen LogP contribution in [0.2, 0.25) is 0 Å². The molecule has 0 bridgehead atoms. The van der Waals surface area contributed by atoms with Crippen LogP contribution in [0, 0.1) is 0 Å². The molecule has 0 radical (unpaired) electrons. The summed E-state index contributed by atoms with van der Waals surface area (Å²) in [6.07, 6.45) is 8.61. The Labute approximate surface area is 103 Å². The van der Waals surface area contributed by atoms with Gasteiger partial charge in [0.15, 0.2) is 0 Å². The lowest BCUT2D eigenvalue weighted by Gasteiger charge is -2.19. The number of nitrogens with one attached hydrogen (secondary N) is 1. The van der Waals surface area contributed by atoms with Crippen molar-refractivity contribution in [2.75, 3.05) is 11.9 Å². The summed E-state index contributed by atoms with van der Waals surface area (Å²) in [5, 5.41) is 3.49. The van der Waals surface area contributed by atoms with Crippen LogP contribution in [0.1, 0.15) is 62.0 Å². The number of hydrogen-bond donors (Lipinski definition) is 1. The summed E-state index contributed by atoms with van der Waals surface area (Å²) in [5.41, 5.74) is 2.72. The van der Waals surface area contributed by atoms with E-state index in [2.05, 4.69) is 12.2 Å². The second-order valence-electron chi connectivity index (χ2n) is 5.26. The lowest BCUT2D eigenvalue weighted by atomic mass is 9.96. The standard InChI is InChI=1S/C14H21N3/c1-2-9-15-14-11-5-3-4-6-12(11)16-13(17-14)10-7-8-10/h10H,2-9H2,1H3,(H,15,16,17). The normalized spacial score (nSPS) is 18.9. The molecule has 17 heavy (non-hydrogen) atoms. The molecule has 1 N–H and O–H groups in total. The summed E-state index contributed by atoms with van der Waals surface area (Å²) < 4.78 is 0. The first-order valence-electron chi connectivity index (χ1n) is 7.02. The first-order valence-corrected chi connectivity index (χ1v) is 7.02. The largest absolute Gasteiger partial charge is 0.370 e. The van der Waals surface area contributed by atoms with Gasteiger partial charge < -0.3 is 5.32 Å². The maximum Gasteiger partial charge on any atom is 0.134 e. The van der Waals surface area contributed by atoms with Crippen molar-refractivity contribution in [2.24, 2.45) is 0 Å². The Kier molecular flexibility index (Phi) is 3.00. The zero-order valence-electron chi connectivity index (χ0n) is 10.6. The van der Waals surface area contributed by atoms with E-state index in [0.717, 1.165) is 37.4 Å². The van der Waals surface area contributed by atoms with E-state index in [9.17, 15) is 0 Å². The molecule has 0 atom stereocenters. The van der Waals surface area contributed by atoms with Crippen LogP contribution in [-0.2, 0) is 12.8 Å². The third kappa shape index (κ3) is 2.28. The summed E-state index contributed by atoms with van der Waals surface area (Å²) in [6.45, 7) is 3.22. The van der Waals surface area contributed by atoms with Crippen LogP contribution < -0.4 is 5.32 Å². The van der Waals surface area contributed by atoms with Gasteiger partial charge in [-0.05, 0) is 44.9 Å². The minimum Gasteiger partial charge on any atom is -0.370 e. The molecule has 3 rings (SSSR count). The Balaban J connectivity index is 1.94. The summed E-state index contributed by atoms with van der Waals surface area (Å²) in [7, 11) is 0. The lowest BCUT2D eigenvalue weighted by molar-refractivity contribution is 0.655. The Bertz CT molecular complexity index is 410. The van der Waals surface area contributed by atoms with E-state index in [1.807, 2.05) is 0 Å². The second kappa shape index (κ2) is 4.63. The van der Waals surface area contributed by atoms with Crippen LogP contribution in [0.25, 0.3) is 0 Å². The van der Waals surface area contributed by atoms with Gasteiger partial charge in [0.2, 0.25) is 0 Å². The molecule has 1 saturated carbocycles. The zero-order chi connectivity index (χ0) is 11.7. The number of rotatable bonds is 4. The van der Waals surface area contributed by atoms with Crippen LogP contribution in [0.5, 0.6) is 0 Å². The van der Waals surface area contributed by atoms with Gasteiger partial charge in [-0.2, -0.15) is 0 Å². The smallest absolute Gasteiger partial charge is 0.134 e. The van der Waals surface area contributed by atoms with Gasteiger partial charge in [-0.25, -0.2) is 9.97 Å². The van der Waals surface area contributed by atoms with Crippen molar-refractivity contribution < 1.29 is 0 Å². The molecule has 1 fully saturated rings. The molecule has 1 aromatic rings. The van der Waals surface area contributed by atoms with Gasteiger partial charge in [0.05, 0.1) is 0 Å². The molecule has 0 aliphatic heterocycles. The molecule has 0 spiro atoms. The number of hydrogen-bond acceptors (Lipinski definition) is 3. The number of nitrogens with zero attached hydrogens (tertiary/aromatic N) is 2. The average molecular weight is 231 g/mol. The average Bonchev–Trinajstić information content (AvgIpc) is 3.20. The van der Waals surface area contributed by atoms with E-state index in [1.165, 1.54) is 36.9 Å². The van der Waals surface area contributed by atoms with Crippen LogP contribution in [0.15, 0.2) is 0 Å². The molecule has 92 valence electrons. The van der Waals surface area contributed by atoms with E-state index in [1.54, 1.807) is 0 Å². The second-order valence-corrected chi connectivity index (χ2v) is 5.26. The van der Waals surface area contributed by atoms with Crippen LogP contribution in [-0.4, -0.2) is 16.5 Å². The highest BCUT2D eigenvalue weighted by Gasteiger charge is 2.29. The summed E-state index contributed by atoms with van der Waals surface area (Å²) in [5.74, 6) is 2.90. The topological polar surface area (TPSA) is 37.8 Å². The van der Waals surface area contributed by atoms with E-state index >= 15 is 0 Å². The third-order valence-corrected chi connectivity index (χ3v) is 3.69. The first kappa shape index (κ1) is 11.0. The van der Waals surface area contributed by atoms with E-state index < -0.39 is 0 Å². The monoisotopic (exact) mass is 231 g/mol. The molecule has 2 aliphatic rings. The summed E-state index contributed by atoms with van der Waals surface area (Å²) >= 11 is 0. The van der Waals surface area contributed by atoms with Gasteiger partial charge >= 0.3 is 0 Å². The Morgan fingerprint density at radius 1 is 1.18 bits per heavy atom. The molecule has 0 amide bonds. The van der Waals surface area contributed by atoms with E-state index in [0.29, 0.717) is 5.92 Å². The highest BCUT2D eigenvalue weighted by molar-refractivity contribution is 5.48. The highest BCUT2D eigenvalue weighted by Crippen LogP contribution is 2.39. The Morgan fingerprint density at radius 3 is 2.76 bits per heavy atom. The predicted molar refractivity (Wildman–Crippen MR) is 69.4 cm³/mol. The van der Waals surface area contributed by atoms with Crippen molar-refractivity contribution in [3.05, 3.63) is 17.1 Å². The van der Waals surface area contributed by atoms with Gasteiger partial charge in [0.25, 0.3) is 0 Å². The molecule has 0 unspecified atom stereocenters. The fourth-order valence-electron chi connectivity index (χ4n) is 2.53. The van der Waals surface area contributed by atoms with Gasteiger partial charge in [-0.1, -0.05) is 6.92 Å². The van der Waals surface area contributed by atoms with E-state index in [4.69, 9.17) is 9.97 Å². The zero-order valence-corrected chi connectivity index (χ0v) is 10.6. The van der Waals surface area contributed by atoms with Crippen LogP contribution in [0.4, 0.5) is 5.82 Å². The molecule has 1 aromatic heterocycles. The number of aryl methyl sites for hydroxylation is 1. The molecular weight excluding hydrogens is 210 g/mol. The van der Waals surface area contributed by atoms with Crippen molar-refractivity contribution in [1.29, 1.82) is 0 Å². The predicted octanol–water partition coefficient (Wildman–Crippen LogP) is 3.05. The van der Waals surface area contributed by atoms with Gasteiger partial charge in [-0.3, -0.25) is 0 Å². The Morgan fingerprint density at radius 2 is 2.00 bits per heavy atom. The van der Waals surface area contributed by atoms with Crippen molar-refractivity contribution >= 4 is 5.82 Å². The fourth-order valence-corrected chi connectivity index (χ4v) is 2.53. The molecule has 3 nitrogen and oxygen atoms in total. The van der Waals surface area contributed by atoms with Crippen molar-refractivity contribution in [1.82, 2.24) is 9.97 Å². The van der Waals surface area contributed by atoms with Gasteiger partial charge in [-0.15, -0.1) is 0 Å². The SMILES string of the molecule is CCCNc1nc(C2CC2)nc2c1CCCC2. The maximum absolute atomic E-state index is 4.79. The van der Waals surface area contributed by atoms with Crippen molar-refractivity contribution in [3.63, 3.8) is 0 Å². The maximum atomic E-state index is 4.79. The number of aromatic nitrogens is 2. The quantitative estimate of drug-likeness (QED) is 0.865. The molecule has 3 heteroatoms. The molecule has 2 aliphatic carbocycles. The number of anilines is 1. The highest BCUT2D eigenvalue weighted by atomic mass is 15.0. The number of fused-ring (bicyclic) bond motifs is 1. The van der Waals surface area contributed by atoms with Crippen LogP contribution in [0.3, 0.4) is 0 Å². The van der Waals surface area contributed by atoms with Crippen molar-refractivity contribution in [3.8, 4) is 0 Å². The van der Waals surface area contributed by atoms with Crippen molar-refractivity contribution in [2.45, 2.75) is 57.8 Å². The fraction of sp³-hybridized carbons (Fsp3) is 0.714. The summed E-state index contributed by atoms with van der Waals surface area (Å²) in [4.78, 5) is 9.56. The van der Waals surface area contributed by atoms with Gasteiger partial charge in [0, 0.05) is 23.7 Å². The minimum absolute atomic E-state index is 0.657. The molecule has 0 saturated heterocycles. The molecule has 0 aromatic carbocycles. The minimum atomic E-state index is 0.657.